The van der Waals surface area contributed by atoms with Gasteiger partial charge in [0.25, 0.3) is 5.91 Å². The molecule has 0 aliphatic rings. The zero-order valence-corrected chi connectivity index (χ0v) is 16.7. The second-order valence-electron chi connectivity index (χ2n) is 6.12. The zero-order valence-electron chi connectivity index (χ0n) is 15.1. The van der Waals surface area contributed by atoms with Gasteiger partial charge < -0.3 is 10.1 Å². The number of aryl methyl sites for hydroxylation is 2. The minimum Gasteiger partial charge on any atom is -0.465 e. The molecule has 0 saturated heterocycles. The molecule has 27 heavy (non-hydrogen) atoms. The number of esters is 1. The van der Waals surface area contributed by atoms with E-state index in [1.54, 1.807) is 24.3 Å². The minimum atomic E-state index is -0.487. The number of carbonyl (C=O) groups excluding carboxylic acids is 2. The SMILES string of the molecule is COC(=O)c1c(-c2cc(C)ccc2C)csc1NC(=O)c1ccc(Cl)cc1. The molecule has 0 aliphatic heterocycles. The van der Waals surface area contributed by atoms with E-state index in [4.69, 9.17) is 16.3 Å². The first-order valence-electron chi connectivity index (χ1n) is 8.25. The monoisotopic (exact) mass is 399 g/mol. The average molecular weight is 400 g/mol. The van der Waals surface area contributed by atoms with E-state index in [2.05, 4.69) is 5.32 Å². The molecule has 2 aromatic carbocycles. The number of methoxy groups -OCH3 is 1. The van der Waals surface area contributed by atoms with Gasteiger partial charge in [-0.2, -0.15) is 0 Å². The van der Waals surface area contributed by atoms with Crippen LogP contribution < -0.4 is 5.32 Å². The highest BCUT2D eigenvalue weighted by atomic mass is 35.5. The first kappa shape index (κ1) is 19.1. The molecule has 1 amide bonds. The average Bonchev–Trinajstić information content (AvgIpc) is 3.06. The third-order valence-corrected chi connectivity index (χ3v) is 5.34. The van der Waals surface area contributed by atoms with E-state index in [0.29, 0.717) is 21.2 Å². The minimum absolute atomic E-state index is 0.314. The Kier molecular flexibility index (Phi) is 5.63. The van der Waals surface area contributed by atoms with Crippen molar-refractivity contribution in [2.24, 2.45) is 0 Å². The Bertz CT molecular complexity index is 1010. The van der Waals surface area contributed by atoms with Crippen LogP contribution in [0, 0.1) is 13.8 Å². The Morgan fingerprint density at radius 2 is 1.74 bits per heavy atom. The summed E-state index contributed by atoms with van der Waals surface area (Å²) in [5.74, 6) is -0.801. The summed E-state index contributed by atoms with van der Waals surface area (Å²) in [5.41, 5.74) is 4.64. The van der Waals surface area contributed by atoms with Crippen LogP contribution in [-0.4, -0.2) is 19.0 Å². The molecular weight excluding hydrogens is 382 g/mol. The number of halogens is 1. The summed E-state index contributed by atoms with van der Waals surface area (Å²) in [6, 6.07) is 12.6. The van der Waals surface area contributed by atoms with Gasteiger partial charge in [0, 0.05) is 21.5 Å². The van der Waals surface area contributed by atoms with Gasteiger partial charge >= 0.3 is 5.97 Å². The number of rotatable bonds is 4. The Morgan fingerprint density at radius 1 is 1.04 bits per heavy atom. The Balaban J connectivity index is 2.02. The van der Waals surface area contributed by atoms with Crippen LogP contribution in [0.4, 0.5) is 5.00 Å². The maximum absolute atomic E-state index is 12.6. The van der Waals surface area contributed by atoms with Crippen LogP contribution in [-0.2, 0) is 4.74 Å². The van der Waals surface area contributed by atoms with Crippen molar-refractivity contribution in [3.8, 4) is 11.1 Å². The fourth-order valence-electron chi connectivity index (χ4n) is 2.76. The third kappa shape index (κ3) is 4.04. The smallest absolute Gasteiger partial charge is 0.341 e. The number of ether oxygens (including phenoxy) is 1. The fraction of sp³-hybridized carbons (Fsp3) is 0.143. The molecule has 1 aromatic heterocycles. The topological polar surface area (TPSA) is 55.4 Å². The van der Waals surface area contributed by atoms with Crippen LogP contribution in [0.15, 0.2) is 47.8 Å². The number of hydrogen-bond donors (Lipinski definition) is 1. The molecule has 0 aliphatic carbocycles. The van der Waals surface area contributed by atoms with Gasteiger partial charge in [-0.1, -0.05) is 35.4 Å². The quantitative estimate of drug-likeness (QED) is 0.570. The number of anilines is 1. The van der Waals surface area contributed by atoms with Gasteiger partial charge in [0.05, 0.1) is 7.11 Å². The molecule has 0 unspecified atom stereocenters. The first-order chi connectivity index (χ1) is 12.9. The molecule has 0 radical (unpaired) electrons. The standard InChI is InChI=1S/C21H18ClNO3S/c1-12-4-5-13(2)16(10-12)17-11-27-20(18(17)21(25)26-3)23-19(24)14-6-8-15(22)9-7-14/h4-11H,1-3H3,(H,23,24). The lowest BCUT2D eigenvalue weighted by Crippen LogP contribution is -2.14. The maximum atomic E-state index is 12.6. The lowest BCUT2D eigenvalue weighted by Gasteiger charge is -2.10. The van der Waals surface area contributed by atoms with Crippen LogP contribution in [0.1, 0.15) is 31.8 Å². The largest absolute Gasteiger partial charge is 0.465 e. The van der Waals surface area contributed by atoms with Gasteiger partial charge in [0.1, 0.15) is 10.6 Å². The summed E-state index contributed by atoms with van der Waals surface area (Å²) in [6.07, 6.45) is 0. The van der Waals surface area contributed by atoms with E-state index in [1.807, 2.05) is 37.4 Å². The summed E-state index contributed by atoms with van der Waals surface area (Å²) < 4.78 is 4.97. The Hall–Kier alpha value is -2.63. The molecule has 4 nitrogen and oxygen atoms in total. The van der Waals surface area contributed by atoms with Gasteiger partial charge in [-0.05, 0) is 49.2 Å². The third-order valence-electron chi connectivity index (χ3n) is 4.20. The van der Waals surface area contributed by atoms with E-state index < -0.39 is 5.97 Å². The van der Waals surface area contributed by atoms with Crippen molar-refractivity contribution < 1.29 is 14.3 Å². The number of benzene rings is 2. The van der Waals surface area contributed by atoms with Gasteiger partial charge in [0.15, 0.2) is 0 Å². The predicted octanol–water partition coefficient (Wildman–Crippen LogP) is 5.72. The van der Waals surface area contributed by atoms with Gasteiger partial charge in [-0.3, -0.25) is 4.79 Å². The van der Waals surface area contributed by atoms with Crippen molar-refractivity contribution in [2.75, 3.05) is 12.4 Å². The van der Waals surface area contributed by atoms with Crippen LogP contribution >= 0.6 is 22.9 Å². The number of thiophene rings is 1. The van der Waals surface area contributed by atoms with Gasteiger partial charge in [-0.15, -0.1) is 11.3 Å². The molecule has 1 N–H and O–H groups in total. The number of amides is 1. The summed E-state index contributed by atoms with van der Waals surface area (Å²) in [6.45, 7) is 3.98. The van der Waals surface area contributed by atoms with Crippen molar-refractivity contribution in [3.05, 3.63) is 75.1 Å². The van der Waals surface area contributed by atoms with Crippen molar-refractivity contribution in [3.63, 3.8) is 0 Å². The molecule has 3 aromatic rings. The Morgan fingerprint density at radius 3 is 2.41 bits per heavy atom. The lowest BCUT2D eigenvalue weighted by atomic mass is 9.97. The Labute approximate surface area is 166 Å². The van der Waals surface area contributed by atoms with Gasteiger partial charge in [0.2, 0.25) is 0 Å². The molecule has 3 rings (SSSR count). The molecule has 0 bridgehead atoms. The summed E-state index contributed by atoms with van der Waals surface area (Å²) in [7, 11) is 1.33. The van der Waals surface area contributed by atoms with Gasteiger partial charge in [-0.25, -0.2) is 4.79 Å². The van der Waals surface area contributed by atoms with Crippen molar-refractivity contribution >= 4 is 39.8 Å². The summed E-state index contributed by atoms with van der Waals surface area (Å²) in [4.78, 5) is 25.0. The molecule has 0 spiro atoms. The lowest BCUT2D eigenvalue weighted by molar-refractivity contribution is 0.0603. The van der Waals surface area contributed by atoms with Crippen LogP contribution in [0.3, 0.4) is 0 Å². The van der Waals surface area contributed by atoms with Crippen LogP contribution in [0.2, 0.25) is 5.02 Å². The molecule has 1 heterocycles. The zero-order chi connectivity index (χ0) is 19.6. The number of hydrogen-bond acceptors (Lipinski definition) is 4. The van der Waals surface area contributed by atoms with E-state index in [0.717, 1.165) is 22.3 Å². The highest BCUT2D eigenvalue weighted by Gasteiger charge is 2.23. The number of carbonyl (C=O) groups is 2. The van der Waals surface area contributed by atoms with E-state index in [-0.39, 0.29) is 5.91 Å². The molecule has 0 fully saturated rings. The van der Waals surface area contributed by atoms with E-state index >= 15 is 0 Å². The summed E-state index contributed by atoms with van der Waals surface area (Å²) >= 11 is 7.17. The highest BCUT2D eigenvalue weighted by Crippen LogP contribution is 2.38. The fourth-order valence-corrected chi connectivity index (χ4v) is 3.82. The van der Waals surface area contributed by atoms with Crippen molar-refractivity contribution in [1.29, 1.82) is 0 Å². The highest BCUT2D eigenvalue weighted by molar-refractivity contribution is 7.15. The second kappa shape index (κ2) is 7.94. The van der Waals surface area contributed by atoms with Crippen LogP contribution in [0.25, 0.3) is 11.1 Å². The first-order valence-corrected chi connectivity index (χ1v) is 9.51. The van der Waals surface area contributed by atoms with E-state index in [1.165, 1.54) is 18.4 Å². The van der Waals surface area contributed by atoms with Crippen LogP contribution in [0.5, 0.6) is 0 Å². The maximum Gasteiger partial charge on any atom is 0.341 e. The molecule has 0 atom stereocenters. The molecule has 138 valence electrons. The van der Waals surface area contributed by atoms with E-state index in [9.17, 15) is 9.59 Å². The molecule has 0 saturated carbocycles. The second-order valence-corrected chi connectivity index (χ2v) is 7.44. The van der Waals surface area contributed by atoms with Crippen molar-refractivity contribution in [1.82, 2.24) is 0 Å². The molecular formula is C21H18ClNO3S. The normalized spacial score (nSPS) is 10.5. The predicted molar refractivity (Wildman–Crippen MR) is 110 cm³/mol. The van der Waals surface area contributed by atoms with Crippen molar-refractivity contribution in [2.45, 2.75) is 13.8 Å². The number of nitrogens with one attached hydrogen (secondary N) is 1. The molecule has 6 heteroatoms. The summed E-state index contributed by atoms with van der Waals surface area (Å²) in [5, 5.41) is 5.70.